The number of carbonyl (C=O) groups is 3. The molecule has 0 N–H and O–H groups in total. The van der Waals surface area contributed by atoms with E-state index in [0.29, 0.717) is 19.3 Å². The number of hydrogen-bond donors (Lipinski definition) is 0. The molecule has 1 unspecified atom stereocenters. The van der Waals surface area contributed by atoms with Gasteiger partial charge in [-0.1, -0.05) is 231 Å². The maximum atomic E-state index is 12.8. The molecule has 0 saturated carbocycles. The first-order valence-corrected chi connectivity index (χ1v) is 27.0. The Balaban J connectivity index is 4.26. The van der Waals surface area contributed by atoms with Crippen LogP contribution in [0.4, 0.5) is 0 Å². The highest BCUT2D eigenvalue weighted by Crippen LogP contribution is 2.15. The molecular formula is C56H102O6. The van der Waals surface area contributed by atoms with E-state index in [4.69, 9.17) is 14.2 Å². The summed E-state index contributed by atoms with van der Waals surface area (Å²) in [7, 11) is 0. The fourth-order valence-electron chi connectivity index (χ4n) is 7.77. The lowest BCUT2D eigenvalue weighted by molar-refractivity contribution is -0.167. The van der Waals surface area contributed by atoms with Crippen LogP contribution in [0.1, 0.15) is 284 Å². The highest BCUT2D eigenvalue weighted by molar-refractivity contribution is 5.71. The largest absolute Gasteiger partial charge is 0.462 e. The van der Waals surface area contributed by atoms with Crippen molar-refractivity contribution in [2.45, 2.75) is 290 Å². The smallest absolute Gasteiger partial charge is 0.306 e. The third-order valence-electron chi connectivity index (χ3n) is 11.8. The lowest BCUT2D eigenvalue weighted by atomic mass is 10.1. The SMILES string of the molecule is CCC/C=C\C/C=C\CCCCCCCC(=O)OC(COC(=O)CCCCCCCCCCCC)COC(=O)CCCCCCCCCCC/C=C\CCCCCCCCCC. The molecule has 0 aromatic heterocycles. The molecule has 0 spiro atoms. The van der Waals surface area contributed by atoms with Crippen LogP contribution in [0.2, 0.25) is 0 Å². The Morgan fingerprint density at radius 1 is 0.323 bits per heavy atom. The van der Waals surface area contributed by atoms with Crippen LogP contribution < -0.4 is 0 Å². The van der Waals surface area contributed by atoms with Crippen LogP contribution in [0, 0.1) is 0 Å². The van der Waals surface area contributed by atoms with Crippen molar-refractivity contribution < 1.29 is 28.6 Å². The number of hydrogen-bond acceptors (Lipinski definition) is 6. The fourth-order valence-corrected chi connectivity index (χ4v) is 7.77. The summed E-state index contributed by atoms with van der Waals surface area (Å²) in [6.07, 6.45) is 59.9. The van der Waals surface area contributed by atoms with Crippen LogP contribution in [0.25, 0.3) is 0 Å². The Morgan fingerprint density at radius 2 is 0.613 bits per heavy atom. The van der Waals surface area contributed by atoms with Crippen LogP contribution in [-0.4, -0.2) is 37.2 Å². The predicted molar refractivity (Wildman–Crippen MR) is 266 cm³/mol. The maximum absolute atomic E-state index is 12.8. The number of ether oxygens (including phenoxy) is 3. The minimum absolute atomic E-state index is 0.0758. The second-order valence-electron chi connectivity index (χ2n) is 18.1. The Bertz CT molecular complexity index is 1050. The summed E-state index contributed by atoms with van der Waals surface area (Å²) >= 11 is 0. The zero-order chi connectivity index (χ0) is 45.1. The van der Waals surface area contributed by atoms with Gasteiger partial charge in [-0.15, -0.1) is 0 Å². The molecule has 62 heavy (non-hydrogen) atoms. The standard InChI is InChI=1S/C56H102O6/c1-4-7-10-13-16-19-22-24-25-26-27-28-29-30-31-33-34-37-40-43-46-49-55(58)61-52-53(51-60-54(57)48-45-42-39-36-21-18-15-12-9-6-3)62-56(59)50-47-44-41-38-35-32-23-20-17-14-11-8-5-2/h11,14,20,23,26-27,53H,4-10,12-13,15-19,21-22,24-25,28-52H2,1-3H3/b14-11-,23-20-,27-26-. The molecular weight excluding hydrogens is 769 g/mol. The summed E-state index contributed by atoms with van der Waals surface area (Å²) in [4.78, 5) is 37.9. The summed E-state index contributed by atoms with van der Waals surface area (Å²) in [5.41, 5.74) is 0. The molecule has 0 aliphatic rings. The lowest BCUT2D eigenvalue weighted by Gasteiger charge is -2.18. The van der Waals surface area contributed by atoms with Gasteiger partial charge in [0.05, 0.1) is 0 Å². The van der Waals surface area contributed by atoms with E-state index in [0.717, 1.165) is 89.9 Å². The molecule has 0 saturated heterocycles. The van der Waals surface area contributed by atoms with E-state index >= 15 is 0 Å². The average Bonchev–Trinajstić information content (AvgIpc) is 3.27. The van der Waals surface area contributed by atoms with Crippen LogP contribution in [-0.2, 0) is 28.6 Å². The first-order valence-electron chi connectivity index (χ1n) is 27.0. The van der Waals surface area contributed by atoms with Gasteiger partial charge in [-0.25, -0.2) is 0 Å². The van der Waals surface area contributed by atoms with Crippen molar-refractivity contribution in [3.63, 3.8) is 0 Å². The number of carbonyl (C=O) groups excluding carboxylic acids is 3. The second kappa shape index (κ2) is 51.3. The van der Waals surface area contributed by atoms with E-state index in [1.165, 1.54) is 154 Å². The molecule has 0 aliphatic heterocycles. The van der Waals surface area contributed by atoms with Gasteiger partial charge in [0.1, 0.15) is 13.2 Å². The zero-order valence-electron chi connectivity index (χ0n) is 41.4. The number of rotatable bonds is 49. The first kappa shape index (κ1) is 59.6. The Labute approximate surface area is 385 Å². The van der Waals surface area contributed by atoms with E-state index in [1.807, 2.05) is 0 Å². The highest BCUT2D eigenvalue weighted by atomic mass is 16.6. The summed E-state index contributed by atoms with van der Waals surface area (Å²) in [6, 6.07) is 0. The minimum atomic E-state index is -0.776. The van der Waals surface area contributed by atoms with Crippen LogP contribution in [0.15, 0.2) is 36.5 Å². The topological polar surface area (TPSA) is 78.9 Å². The van der Waals surface area contributed by atoms with E-state index in [1.54, 1.807) is 0 Å². The Morgan fingerprint density at radius 3 is 0.968 bits per heavy atom. The molecule has 1 atom stereocenters. The molecule has 0 radical (unpaired) electrons. The monoisotopic (exact) mass is 871 g/mol. The van der Waals surface area contributed by atoms with Gasteiger partial charge in [0.2, 0.25) is 0 Å². The first-order chi connectivity index (χ1) is 30.5. The van der Waals surface area contributed by atoms with Crippen molar-refractivity contribution in [1.82, 2.24) is 0 Å². The molecule has 0 aliphatic carbocycles. The van der Waals surface area contributed by atoms with Gasteiger partial charge in [-0.2, -0.15) is 0 Å². The van der Waals surface area contributed by atoms with Crippen molar-refractivity contribution in [1.29, 1.82) is 0 Å². The van der Waals surface area contributed by atoms with E-state index in [2.05, 4.69) is 57.2 Å². The normalized spacial score (nSPS) is 12.2. The summed E-state index contributed by atoms with van der Waals surface area (Å²) < 4.78 is 16.8. The lowest BCUT2D eigenvalue weighted by Crippen LogP contribution is -2.30. The molecule has 6 nitrogen and oxygen atoms in total. The van der Waals surface area contributed by atoms with Crippen LogP contribution in [0.5, 0.6) is 0 Å². The molecule has 6 heteroatoms. The number of unbranched alkanes of at least 4 members (excludes halogenated alkanes) is 32. The van der Waals surface area contributed by atoms with Crippen molar-refractivity contribution >= 4 is 17.9 Å². The minimum Gasteiger partial charge on any atom is -0.462 e. The highest BCUT2D eigenvalue weighted by Gasteiger charge is 2.19. The van der Waals surface area contributed by atoms with Gasteiger partial charge in [-0.05, 0) is 70.6 Å². The Hall–Kier alpha value is -2.37. The number of allylic oxidation sites excluding steroid dienone is 6. The molecule has 0 aromatic rings. The zero-order valence-corrected chi connectivity index (χ0v) is 41.4. The van der Waals surface area contributed by atoms with Crippen molar-refractivity contribution in [3.8, 4) is 0 Å². The van der Waals surface area contributed by atoms with E-state index in [9.17, 15) is 14.4 Å². The fraction of sp³-hybridized carbons (Fsp3) is 0.839. The molecule has 0 bridgehead atoms. The summed E-state index contributed by atoms with van der Waals surface area (Å²) in [5, 5.41) is 0. The summed E-state index contributed by atoms with van der Waals surface area (Å²) in [6.45, 7) is 6.57. The van der Waals surface area contributed by atoms with Gasteiger partial charge >= 0.3 is 17.9 Å². The maximum Gasteiger partial charge on any atom is 0.306 e. The van der Waals surface area contributed by atoms with E-state index < -0.39 is 6.10 Å². The van der Waals surface area contributed by atoms with Crippen LogP contribution in [0.3, 0.4) is 0 Å². The van der Waals surface area contributed by atoms with Crippen LogP contribution >= 0.6 is 0 Å². The van der Waals surface area contributed by atoms with Gasteiger partial charge in [-0.3, -0.25) is 14.4 Å². The third-order valence-corrected chi connectivity index (χ3v) is 11.8. The van der Waals surface area contributed by atoms with Gasteiger partial charge in [0.15, 0.2) is 6.10 Å². The molecule has 0 amide bonds. The predicted octanol–water partition coefficient (Wildman–Crippen LogP) is 17.7. The third kappa shape index (κ3) is 48.7. The molecule has 0 fully saturated rings. The van der Waals surface area contributed by atoms with Gasteiger partial charge in [0.25, 0.3) is 0 Å². The van der Waals surface area contributed by atoms with Crippen molar-refractivity contribution in [3.05, 3.63) is 36.5 Å². The Kier molecular flexibility index (Phi) is 49.3. The molecule has 0 aromatic carbocycles. The van der Waals surface area contributed by atoms with Crippen molar-refractivity contribution in [2.24, 2.45) is 0 Å². The molecule has 0 rings (SSSR count). The van der Waals surface area contributed by atoms with Gasteiger partial charge < -0.3 is 14.2 Å². The van der Waals surface area contributed by atoms with Crippen molar-refractivity contribution in [2.75, 3.05) is 13.2 Å². The van der Waals surface area contributed by atoms with E-state index in [-0.39, 0.29) is 31.1 Å². The number of esters is 3. The molecule has 0 heterocycles. The average molecular weight is 871 g/mol. The molecule has 362 valence electrons. The van der Waals surface area contributed by atoms with Gasteiger partial charge in [0, 0.05) is 19.3 Å². The summed E-state index contributed by atoms with van der Waals surface area (Å²) in [5.74, 6) is -0.883. The quantitative estimate of drug-likeness (QED) is 0.0262. The second-order valence-corrected chi connectivity index (χ2v) is 18.1.